The average Bonchev–Trinajstić information content (AvgIpc) is 2.64. The molecule has 0 heterocycles. The Morgan fingerprint density at radius 1 is 1.89 bits per heavy atom. The Kier molecular flexibility index (Phi) is 1.91. The van der Waals surface area contributed by atoms with Crippen molar-refractivity contribution in [2.24, 2.45) is 17.8 Å². The normalized spacial score (nSPS) is 35.8. The van der Waals surface area contributed by atoms with Crippen LogP contribution in [0.3, 0.4) is 0 Å². The highest BCUT2D eigenvalue weighted by Gasteiger charge is 2.37. The summed E-state index contributed by atoms with van der Waals surface area (Å²) < 4.78 is 0. The molecule has 0 aromatic rings. The fraction of sp³-hybridized carbons (Fsp3) is 0.750. The summed E-state index contributed by atoms with van der Waals surface area (Å²) in [6.07, 6.45) is 3.24. The number of allylic oxidation sites excluding steroid dienone is 1. The smallest absolute Gasteiger partial charge is 0.0459 e. The molecule has 1 fully saturated rings. The minimum Gasteiger partial charge on any atom is -0.396 e. The maximum absolute atomic E-state index is 8.72. The molecule has 1 nitrogen and oxygen atoms in total. The zero-order chi connectivity index (χ0) is 6.85. The van der Waals surface area contributed by atoms with Crippen molar-refractivity contribution in [1.82, 2.24) is 0 Å². The molecule has 0 saturated heterocycles. The van der Waals surface area contributed by atoms with Crippen LogP contribution in [0, 0.1) is 17.8 Å². The van der Waals surface area contributed by atoms with E-state index in [1.54, 1.807) is 0 Å². The van der Waals surface area contributed by atoms with Crippen molar-refractivity contribution in [3.63, 3.8) is 0 Å². The van der Waals surface area contributed by atoms with Crippen LogP contribution in [-0.4, -0.2) is 11.7 Å². The lowest BCUT2D eigenvalue weighted by atomic mass is 10.1. The third-order valence-electron chi connectivity index (χ3n) is 2.21. The van der Waals surface area contributed by atoms with Crippen molar-refractivity contribution in [1.29, 1.82) is 0 Å². The van der Waals surface area contributed by atoms with E-state index in [9.17, 15) is 0 Å². The van der Waals surface area contributed by atoms with Crippen LogP contribution >= 0.6 is 0 Å². The monoisotopic (exact) mass is 126 g/mol. The fourth-order valence-corrected chi connectivity index (χ4v) is 1.30. The van der Waals surface area contributed by atoms with Crippen molar-refractivity contribution in [2.45, 2.75) is 13.3 Å². The summed E-state index contributed by atoms with van der Waals surface area (Å²) in [7, 11) is 0. The molecule has 0 bridgehead atoms. The van der Waals surface area contributed by atoms with Gasteiger partial charge in [-0.2, -0.15) is 0 Å². The van der Waals surface area contributed by atoms with E-state index in [1.807, 2.05) is 6.08 Å². The molecule has 1 aliphatic rings. The molecule has 9 heavy (non-hydrogen) atoms. The van der Waals surface area contributed by atoms with Crippen LogP contribution in [0.5, 0.6) is 0 Å². The van der Waals surface area contributed by atoms with Crippen LogP contribution in [0.2, 0.25) is 0 Å². The highest BCUT2D eigenvalue weighted by atomic mass is 16.3. The molecular formula is C8H14O. The van der Waals surface area contributed by atoms with Crippen LogP contribution in [0.15, 0.2) is 12.7 Å². The van der Waals surface area contributed by atoms with Gasteiger partial charge in [0.1, 0.15) is 0 Å². The lowest BCUT2D eigenvalue weighted by Crippen LogP contribution is -2.03. The Morgan fingerprint density at radius 3 is 2.89 bits per heavy atom. The third kappa shape index (κ3) is 1.33. The van der Waals surface area contributed by atoms with Crippen molar-refractivity contribution < 1.29 is 5.11 Å². The molecule has 1 rings (SSSR count). The molecule has 1 saturated carbocycles. The lowest BCUT2D eigenvalue weighted by Gasteiger charge is -2.03. The van der Waals surface area contributed by atoms with Crippen molar-refractivity contribution in [3.05, 3.63) is 12.7 Å². The van der Waals surface area contributed by atoms with Crippen LogP contribution in [-0.2, 0) is 0 Å². The topological polar surface area (TPSA) is 20.2 Å². The van der Waals surface area contributed by atoms with Crippen LogP contribution in [0.4, 0.5) is 0 Å². The summed E-state index contributed by atoms with van der Waals surface area (Å²) >= 11 is 0. The molecule has 0 aromatic carbocycles. The lowest BCUT2D eigenvalue weighted by molar-refractivity contribution is 0.219. The number of hydrogen-bond acceptors (Lipinski definition) is 1. The van der Waals surface area contributed by atoms with Gasteiger partial charge in [-0.05, 0) is 24.2 Å². The molecule has 3 unspecified atom stereocenters. The Morgan fingerprint density at radius 2 is 2.56 bits per heavy atom. The molecule has 3 atom stereocenters. The number of rotatable bonds is 3. The van der Waals surface area contributed by atoms with Crippen LogP contribution in [0.25, 0.3) is 0 Å². The zero-order valence-corrected chi connectivity index (χ0v) is 5.88. The van der Waals surface area contributed by atoms with Gasteiger partial charge in [0.25, 0.3) is 0 Å². The van der Waals surface area contributed by atoms with Gasteiger partial charge in [0, 0.05) is 6.61 Å². The zero-order valence-electron chi connectivity index (χ0n) is 5.88. The predicted molar refractivity (Wildman–Crippen MR) is 38.0 cm³/mol. The molecular weight excluding hydrogens is 112 g/mol. The third-order valence-corrected chi connectivity index (χ3v) is 2.21. The van der Waals surface area contributed by atoms with Gasteiger partial charge >= 0.3 is 0 Å². The molecule has 0 aromatic heterocycles. The highest BCUT2D eigenvalue weighted by molar-refractivity contribution is 4.99. The quantitative estimate of drug-likeness (QED) is 0.567. The second-order valence-corrected chi connectivity index (χ2v) is 2.96. The van der Waals surface area contributed by atoms with Crippen molar-refractivity contribution in [2.75, 3.05) is 6.61 Å². The summed E-state index contributed by atoms with van der Waals surface area (Å²) in [6.45, 7) is 6.13. The van der Waals surface area contributed by atoms with E-state index in [0.717, 1.165) is 5.92 Å². The Balaban J connectivity index is 2.24. The van der Waals surface area contributed by atoms with E-state index in [-0.39, 0.29) is 0 Å². The average molecular weight is 126 g/mol. The molecule has 0 amide bonds. The predicted octanol–water partition coefficient (Wildman–Crippen LogP) is 1.44. The SMILES string of the molecule is C=CC1CC1C(C)CO. The van der Waals surface area contributed by atoms with E-state index in [2.05, 4.69) is 13.5 Å². The molecule has 0 spiro atoms. The number of aliphatic hydroxyl groups excluding tert-OH is 1. The first-order valence-corrected chi connectivity index (χ1v) is 3.53. The first-order valence-electron chi connectivity index (χ1n) is 3.53. The Bertz CT molecular complexity index is 109. The van der Waals surface area contributed by atoms with Crippen LogP contribution < -0.4 is 0 Å². The van der Waals surface area contributed by atoms with Crippen molar-refractivity contribution in [3.8, 4) is 0 Å². The maximum Gasteiger partial charge on any atom is 0.0459 e. The summed E-state index contributed by atoms with van der Waals surface area (Å²) in [5, 5.41) is 8.72. The van der Waals surface area contributed by atoms with E-state index < -0.39 is 0 Å². The summed E-state index contributed by atoms with van der Waals surface area (Å²) in [6, 6.07) is 0. The maximum atomic E-state index is 8.72. The highest BCUT2D eigenvalue weighted by Crippen LogP contribution is 2.44. The first-order chi connectivity index (χ1) is 4.29. The van der Waals surface area contributed by atoms with E-state index in [0.29, 0.717) is 18.4 Å². The van der Waals surface area contributed by atoms with E-state index >= 15 is 0 Å². The fourth-order valence-electron chi connectivity index (χ4n) is 1.30. The van der Waals surface area contributed by atoms with Crippen molar-refractivity contribution >= 4 is 0 Å². The van der Waals surface area contributed by atoms with Gasteiger partial charge in [-0.3, -0.25) is 0 Å². The second-order valence-electron chi connectivity index (χ2n) is 2.96. The van der Waals surface area contributed by atoms with Gasteiger partial charge < -0.3 is 5.11 Å². The molecule has 1 heteroatoms. The summed E-state index contributed by atoms with van der Waals surface area (Å²) in [5.41, 5.74) is 0. The van der Waals surface area contributed by atoms with E-state index in [4.69, 9.17) is 5.11 Å². The molecule has 1 N–H and O–H groups in total. The minimum absolute atomic E-state index is 0.328. The summed E-state index contributed by atoms with van der Waals surface area (Å²) in [4.78, 5) is 0. The first kappa shape index (κ1) is 6.81. The molecule has 52 valence electrons. The van der Waals surface area contributed by atoms with Gasteiger partial charge in [0.15, 0.2) is 0 Å². The Hall–Kier alpha value is -0.300. The second kappa shape index (κ2) is 2.53. The standard InChI is InChI=1S/C8H14O/c1-3-7-4-8(7)6(2)5-9/h3,6-9H,1,4-5H2,2H3. The van der Waals surface area contributed by atoms with E-state index in [1.165, 1.54) is 6.42 Å². The minimum atomic E-state index is 0.328. The van der Waals surface area contributed by atoms with Gasteiger partial charge in [0.2, 0.25) is 0 Å². The molecule has 0 radical (unpaired) electrons. The van der Waals surface area contributed by atoms with Gasteiger partial charge in [0.05, 0.1) is 0 Å². The molecule has 0 aliphatic heterocycles. The summed E-state index contributed by atoms with van der Waals surface area (Å²) in [5.74, 6) is 1.91. The van der Waals surface area contributed by atoms with Gasteiger partial charge in [-0.1, -0.05) is 13.0 Å². The van der Waals surface area contributed by atoms with Crippen LogP contribution in [0.1, 0.15) is 13.3 Å². The number of aliphatic hydroxyl groups is 1. The van der Waals surface area contributed by atoms with Gasteiger partial charge in [-0.15, -0.1) is 6.58 Å². The Labute approximate surface area is 56.4 Å². The van der Waals surface area contributed by atoms with Gasteiger partial charge in [-0.25, -0.2) is 0 Å². The molecule has 1 aliphatic carbocycles. The number of hydrogen-bond donors (Lipinski definition) is 1. The largest absolute Gasteiger partial charge is 0.396 e.